The molecule has 0 radical (unpaired) electrons. The van der Waals surface area contributed by atoms with Crippen molar-refractivity contribution in [3.8, 4) is 0 Å². The smallest absolute Gasteiger partial charge is 0.193 e. The number of Topliss-reactive ketones (excluding diaryl/α,β-unsaturated/α-hetero) is 1. The average Bonchev–Trinajstić information content (AvgIpc) is 2.94. The lowest BCUT2D eigenvalue weighted by Crippen LogP contribution is -2.54. The fourth-order valence-electron chi connectivity index (χ4n) is 3.55. The minimum atomic E-state index is -1.78. The Hall–Kier alpha value is -0.453. The molecule has 0 aromatic carbocycles. The third kappa shape index (κ3) is 3.32. The van der Waals surface area contributed by atoms with E-state index >= 15 is 0 Å². The number of hydrogen-bond donors (Lipinski definition) is 0. The Morgan fingerprint density at radius 1 is 1.10 bits per heavy atom. The summed E-state index contributed by atoms with van der Waals surface area (Å²) in [6.07, 6.45) is 6.76. The molecule has 0 aromatic rings. The van der Waals surface area contributed by atoms with E-state index in [-0.39, 0.29) is 24.2 Å². The van der Waals surface area contributed by atoms with Gasteiger partial charge in [-0.3, -0.25) is 4.79 Å². The Balaban J connectivity index is 2.14. The number of fused-ring (bicyclic) bond motifs is 2. The first kappa shape index (κ1) is 16.9. The van der Waals surface area contributed by atoms with Crippen LogP contribution in [0.4, 0.5) is 0 Å². The Morgan fingerprint density at radius 3 is 2.29 bits per heavy atom. The van der Waals surface area contributed by atoms with Crippen LogP contribution in [0.1, 0.15) is 47.0 Å². The molecule has 0 saturated carbocycles. The molecular formula is C17H30O3Si. The summed E-state index contributed by atoms with van der Waals surface area (Å²) in [5.74, 6) is 0.296. The maximum Gasteiger partial charge on any atom is 0.193 e. The number of carbonyl (C=O) groups excluding carboxylic acids is 1. The molecule has 120 valence electrons. The van der Waals surface area contributed by atoms with Crippen molar-refractivity contribution in [1.29, 1.82) is 0 Å². The Bertz CT molecular complexity index is 381. The molecule has 1 fully saturated rings. The number of carbonyl (C=O) groups is 1. The maximum atomic E-state index is 12.9. The maximum absolute atomic E-state index is 12.9. The molecule has 2 rings (SSSR count). The highest BCUT2D eigenvalue weighted by Crippen LogP contribution is 2.36. The van der Waals surface area contributed by atoms with Crippen LogP contribution in [0.5, 0.6) is 0 Å². The van der Waals surface area contributed by atoms with Crippen LogP contribution in [0, 0.1) is 5.92 Å². The molecule has 0 unspecified atom stereocenters. The summed E-state index contributed by atoms with van der Waals surface area (Å²) in [6, 6.07) is 3.22. The molecule has 2 bridgehead atoms. The predicted octanol–water partition coefficient (Wildman–Crippen LogP) is 4.09. The van der Waals surface area contributed by atoms with Crippen molar-refractivity contribution in [2.75, 3.05) is 0 Å². The summed E-state index contributed by atoms with van der Waals surface area (Å²) in [6.45, 7) is 8.78. The summed E-state index contributed by atoms with van der Waals surface area (Å²) < 4.78 is 12.5. The van der Waals surface area contributed by atoms with Crippen molar-refractivity contribution in [1.82, 2.24) is 0 Å². The third-order valence-electron chi connectivity index (χ3n) is 5.32. The Kier molecular flexibility index (Phi) is 5.80. The molecule has 0 spiro atoms. The molecule has 0 aromatic heterocycles. The molecule has 2 heterocycles. The quantitative estimate of drug-likeness (QED) is 0.500. The number of hydrogen-bond acceptors (Lipinski definition) is 3. The van der Waals surface area contributed by atoms with Gasteiger partial charge in [0.1, 0.15) is 12.2 Å². The van der Waals surface area contributed by atoms with E-state index in [0.717, 1.165) is 37.4 Å². The lowest BCUT2D eigenvalue weighted by molar-refractivity contribution is -0.153. The third-order valence-corrected chi connectivity index (χ3v) is 9.94. The predicted molar refractivity (Wildman–Crippen MR) is 87.9 cm³/mol. The van der Waals surface area contributed by atoms with Crippen LogP contribution >= 0.6 is 0 Å². The van der Waals surface area contributed by atoms with E-state index < -0.39 is 8.32 Å². The lowest BCUT2D eigenvalue weighted by atomic mass is 9.87. The molecule has 4 atom stereocenters. The van der Waals surface area contributed by atoms with E-state index in [0.29, 0.717) is 5.78 Å². The highest BCUT2D eigenvalue weighted by atomic mass is 28.4. The second-order valence-corrected chi connectivity index (χ2v) is 11.1. The van der Waals surface area contributed by atoms with Crippen molar-refractivity contribution in [2.45, 2.75) is 83.4 Å². The first-order valence-corrected chi connectivity index (χ1v) is 11.2. The number of ether oxygens (including phenoxy) is 1. The number of rotatable bonds is 8. The van der Waals surface area contributed by atoms with Gasteiger partial charge in [0.05, 0.1) is 12.0 Å². The van der Waals surface area contributed by atoms with Crippen LogP contribution in [0.2, 0.25) is 18.1 Å². The van der Waals surface area contributed by atoms with Gasteiger partial charge in [-0.2, -0.15) is 0 Å². The molecular weight excluding hydrogens is 280 g/mol. The molecule has 0 N–H and O–H groups in total. The molecule has 4 heteroatoms. The summed E-state index contributed by atoms with van der Waals surface area (Å²) in [5, 5.41) is 0. The standard InChI is InChI=1S/C17H30O3Si/c1-5-9-10-13-14-11-12-15(19-14)17(16(13)18)20-21(6-2,7-3)8-4/h11-15,17H,5-10H2,1-4H3/t13-,14-,15+,17+/m1/s1. The van der Waals surface area contributed by atoms with Crippen LogP contribution in [0.3, 0.4) is 0 Å². The number of ketones is 1. The van der Waals surface area contributed by atoms with E-state index in [1.165, 1.54) is 0 Å². The van der Waals surface area contributed by atoms with E-state index in [2.05, 4.69) is 39.8 Å². The van der Waals surface area contributed by atoms with Crippen molar-refractivity contribution >= 4 is 14.1 Å². The van der Waals surface area contributed by atoms with Crippen LogP contribution in [0.25, 0.3) is 0 Å². The molecule has 3 nitrogen and oxygen atoms in total. The van der Waals surface area contributed by atoms with Gasteiger partial charge in [0.2, 0.25) is 0 Å². The largest absolute Gasteiger partial charge is 0.404 e. The molecule has 0 amide bonds. The van der Waals surface area contributed by atoms with Crippen molar-refractivity contribution in [2.24, 2.45) is 5.92 Å². The Morgan fingerprint density at radius 2 is 1.71 bits per heavy atom. The summed E-state index contributed by atoms with van der Waals surface area (Å²) in [7, 11) is -1.78. The van der Waals surface area contributed by atoms with Crippen LogP contribution < -0.4 is 0 Å². The van der Waals surface area contributed by atoms with Crippen molar-refractivity contribution in [3.05, 3.63) is 12.2 Å². The van der Waals surface area contributed by atoms with E-state index in [9.17, 15) is 4.79 Å². The van der Waals surface area contributed by atoms with Gasteiger partial charge in [0.25, 0.3) is 0 Å². The number of unbranched alkanes of at least 4 members (excludes halogenated alkanes) is 1. The second kappa shape index (κ2) is 7.21. The normalized spacial score (nSPS) is 31.9. The SMILES string of the molecule is CCCC[C@H]1C(=O)[C@@H](O[Si](CC)(CC)CC)[C@@H]2C=C[C@H]1O2. The molecule has 2 aliphatic heterocycles. The minimum Gasteiger partial charge on any atom is -0.404 e. The molecule has 0 aliphatic carbocycles. The fourth-order valence-corrected chi connectivity index (χ4v) is 6.34. The van der Waals surface area contributed by atoms with Gasteiger partial charge in [-0.25, -0.2) is 0 Å². The minimum absolute atomic E-state index is 0.00205. The van der Waals surface area contributed by atoms with Crippen molar-refractivity contribution < 1.29 is 14.0 Å². The van der Waals surface area contributed by atoms with Gasteiger partial charge in [0.15, 0.2) is 14.1 Å². The molecule has 21 heavy (non-hydrogen) atoms. The zero-order valence-corrected chi connectivity index (χ0v) is 14.9. The Labute approximate surface area is 130 Å². The van der Waals surface area contributed by atoms with Crippen LogP contribution in [0.15, 0.2) is 12.2 Å². The van der Waals surface area contributed by atoms with Gasteiger partial charge >= 0.3 is 0 Å². The summed E-state index contributed by atoms with van der Waals surface area (Å²) >= 11 is 0. The van der Waals surface area contributed by atoms with E-state index in [4.69, 9.17) is 9.16 Å². The van der Waals surface area contributed by atoms with E-state index in [1.807, 2.05) is 0 Å². The zero-order valence-electron chi connectivity index (χ0n) is 13.9. The first-order valence-electron chi connectivity index (χ1n) is 8.66. The highest BCUT2D eigenvalue weighted by molar-refractivity contribution is 6.73. The molecule has 2 aliphatic rings. The molecule has 1 saturated heterocycles. The summed E-state index contributed by atoms with van der Waals surface area (Å²) in [5.41, 5.74) is 0. The van der Waals surface area contributed by atoms with Gasteiger partial charge in [-0.15, -0.1) is 0 Å². The monoisotopic (exact) mass is 310 g/mol. The highest BCUT2D eigenvalue weighted by Gasteiger charge is 2.48. The average molecular weight is 311 g/mol. The topological polar surface area (TPSA) is 35.5 Å². The van der Waals surface area contributed by atoms with Crippen LogP contribution in [-0.4, -0.2) is 32.4 Å². The van der Waals surface area contributed by atoms with Crippen molar-refractivity contribution in [3.63, 3.8) is 0 Å². The summed E-state index contributed by atoms with van der Waals surface area (Å²) in [4.78, 5) is 12.9. The van der Waals surface area contributed by atoms with Gasteiger partial charge in [0, 0.05) is 0 Å². The van der Waals surface area contributed by atoms with E-state index in [1.54, 1.807) is 0 Å². The fraction of sp³-hybridized carbons (Fsp3) is 0.824. The lowest BCUT2D eigenvalue weighted by Gasteiger charge is -2.40. The van der Waals surface area contributed by atoms with Gasteiger partial charge in [-0.1, -0.05) is 52.7 Å². The van der Waals surface area contributed by atoms with Gasteiger partial charge < -0.3 is 9.16 Å². The zero-order chi connectivity index (χ0) is 15.5. The van der Waals surface area contributed by atoms with Gasteiger partial charge in [-0.05, 0) is 24.6 Å². The second-order valence-electron chi connectivity index (χ2n) is 6.38. The van der Waals surface area contributed by atoms with Crippen LogP contribution in [-0.2, 0) is 14.0 Å². The first-order chi connectivity index (χ1) is 10.1.